The molecule has 0 saturated carbocycles. The highest BCUT2D eigenvalue weighted by Gasteiger charge is 2.24. The minimum atomic E-state index is -0.475. The Hall–Kier alpha value is -2.30. The van der Waals surface area contributed by atoms with Gasteiger partial charge in [-0.15, -0.1) is 0 Å². The van der Waals surface area contributed by atoms with E-state index in [4.69, 9.17) is 14.2 Å². The maximum Gasteiger partial charge on any atom is 0.313 e. The van der Waals surface area contributed by atoms with E-state index in [-0.39, 0.29) is 18.6 Å². The zero-order valence-corrected chi connectivity index (χ0v) is 10.8. The van der Waals surface area contributed by atoms with E-state index in [2.05, 4.69) is 0 Å². The van der Waals surface area contributed by atoms with E-state index in [0.29, 0.717) is 19.0 Å². The third-order valence-electron chi connectivity index (χ3n) is 3.12. The smallest absolute Gasteiger partial charge is 0.313 e. The van der Waals surface area contributed by atoms with Crippen LogP contribution in [0.2, 0.25) is 0 Å². The van der Waals surface area contributed by atoms with Crippen molar-refractivity contribution in [2.24, 2.45) is 0 Å². The van der Waals surface area contributed by atoms with Crippen molar-refractivity contribution in [1.82, 2.24) is 0 Å². The van der Waals surface area contributed by atoms with Gasteiger partial charge in [0, 0.05) is 6.42 Å². The molecule has 1 saturated heterocycles. The molecule has 0 N–H and O–H groups in total. The molecule has 0 radical (unpaired) electrons. The summed E-state index contributed by atoms with van der Waals surface area (Å²) in [6, 6.07) is 5.58. The first-order valence-corrected chi connectivity index (χ1v) is 6.50. The van der Waals surface area contributed by atoms with Crippen molar-refractivity contribution >= 4 is 17.8 Å². The second-order valence-electron chi connectivity index (χ2n) is 4.71. The molecule has 0 spiro atoms. The Morgan fingerprint density at radius 1 is 1.10 bits per heavy atom. The van der Waals surface area contributed by atoms with Crippen LogP contribution in [0.1, 0.15) is 18.4 Å². The lowest BCUT2D eigenvalue weighted by Crippen LogP contribution is -2.28. The van der Waals surface area contributed by atoms with Gasteiger partial charge in [-0.05, 0) is 23.8 Å². The number of Topliss-reactive ketones (excluding diaryl/α,β-unsaturated/α-hetero) is 1. The maximum absolute atomic E-state index is 11.3. The topological polar surface area (TPSA) is 61.8 Å². The number of carbonyl (C=O) groups is 2. The van der Waals surface area contributed by atoms with Crippen LogP contribution in [0.5, 0.6) is 11.5 Å². The quantitative estimate of drug-likeness (QED) is 0.607. The van der Waals surface area contributed by atoms with Crippen LogP contribution < -0.4 is 9.47 Å². The number of carbonyl (C=O) groups excluding carboxylic acids is 2. The largest absolute Gasteiger partial charge is 0.486 e. The van der Waals surface area contributed by atoms with Gasteiger partial charge < -0.3 is 14.2 Å². The van der Waals surface area contributed by atoms with Gasteiger partial charge >= 0.3 is 5.97 Å². The third-order valence-corrected chi connectivity index (χ3v) is 3.12. The molecule has 5 heteroatoms. The molecule has 104 valence electrons. The van der Waals surface area contributed by atoms with E-state index < -0.39 is 12.1 Å². The van der Waals surface area contributed by atoms with Crippen molar-refractivity contribution < 1.29 is 23.8 Å². The van der Waals surface area contributed by atoms with Crippen molar-refractivity contribution in [1.29, 1.82) is 0 Å². The first-order chi connectivity index (χ1) is 9.70. The molecule has 0 amide bonds. The van der Waals surface area contributed by atoms with Crippen molar-refractivity contribution in [3.05, 3.63) is 29.8 Å². The first-order valence-electron chi connectivity index (χ1n) is 6.50. The predicted molar refractivity (Wildman–Crippen MR) is 70.6 cm³/mol. The summed E-state index contributed by atoms with van der Waals surface area (Å²) in [5.41, 5.74) is 0.906. The Morgan fingerprint density at radius 2 is 1.90 bits per heavy atom. The summed E-state index contributed by atoms with van der Waals surface area (Å²) in [6.45, 7) is 1.09. The summed E-state index contributed by atoms with van der Waals surface area (Å²) in [6.07, 6.45) is 3.19. The molecule has 0 aliphatic carbocycles. The van der Waals surface area contributed by atoms with Crippen molar-refractivity contribution in [3.63, 3.8) is 0 Å². The Morgan fingerprint density at radius 3 is 2.70 bits per heavy atom. The second-order valence-corrected chi connectivity index (χ2v) is 4.71. The highest BCUT2D eigenvalue weighted by molar-refractivity contribution is 5.98. The molecule has 2 heterocycles. The minimum Gasteiger partial charge on any atom is -0.486 e. The molecule has 1 unspecified atom stereocenters. The number of ketones is 1. The summed E-state index contributed by atoms with van der Waals surface area (Å²) in [4.78, 5) is 22.5. The van der Waals surface area contributed by atoms with Crippen LogP contribution in [0, 0.1) is 0 Å². The number of hydrogen-bond acceptors (Lipinski definition) is 5. The fourth-order valence-corrected chi connectivity index (χ4v) is 2.20. The van der Waals surface area contributed by atoms with Gasteiger partial charge in [-0.25, -0.2) is 0 Å². The minimum absolute atomic E-state index is 0.0851. The van der Waals surface area contributed by atoms with E-state index in [9.17, 15) is 9.59 Å². The van der Waals surface area contributed by atoms with Gasteiger partial charge in [-0.1, -0.05) is 12.1 Å². The molecule has 1 aromatic rings. The summed E-state index contributed by atoms with van der Waals surface area (Å²) in [5, 5.41) is 0. The lowest BCUT2D eigenvalue weighted by atomic mass is 10.1. The van der Waals surface area contributed by atoms with E-state index >= 15 is 0 Å². The molecular formula is C15H14O5. The van der Waals surface area contributed by atoms with Gasteiger partial charge in [0.05, 0.1) is 0 Å². The lowest BCUT2D eigenvalue weighted by molar-refractivity contribution is -0.154. The van der Waals surface area contributed by atoms with Crippen LogP contribution in [0.4, 0.5) is 0 Å². The molecule has 2 aliphatic rings. The van der Waals surface area contributed by atoms with Gasteiger partial charge in [-0.2, -0.15) is 0 Å². The average Bonchev–Trinajstić information content (AvgIpc) is 2.44. The van der Waals surface area contributed by atoms with Gasteiger partial charge in [0.2, 0.25) is 0 Å². The molecule has 2 aliphatic heterocycles. The molecule has 0 aromatic heterocycles. The van der Waals surface area contributed by atoms with Gasteiger partial charge in [-0.3, -0.25) is 9.59 Å². The summed E-state index contributed by atoms with van der Waals surface area (Å²) in [7, 11) is 0. The highest BCUT2D eigenvalue weighted by Crippen LogP contribution is 2.31. The second kappa shape index (κ2) is 5.36. The zero-order valence-electron chi connectivity index (χ0n) is 10.8. The SMILES string of the molecule is O=C1CC(=O)OC(/C=C/c2ccc3c(c2)OCCO3)C1. The molecule has 5 nitrogen and oxygen atoms in total. The summed E-state index contributed by atoms with van der Waals surface area (Å²) < 4.78 is 16.0. The average molecular weight is 274 g/mol. The van der Waals surface area contributed by atoms with Crippen LogP contribution >= 0.6 is 0 Å². The van der Waals surface area contributed by atoms with E-state index in [1.165, 1.54) is 0 Å². The molecule has 1 aromatic carbocycles. The van der Waals surface area contributed by atoms with Crippen LogP contribution in [0.3, 0.4) is 0 Å². The fraction of sp³-hybridized carbons (Fsp3) is 0.333. The third kappa shape index (κ3) is 2.82. The van der Waals surface area contributed by atoms with Crippen LogP contribution in [0.15, 0.2) is 24.3 Å². The maximum atomic E-state index is 11.3. The Balaban J connectivity index is 1.72. The normalized spacial score (nSPS) is 21.9. The highest BCUT2D eigenvalue weighted by atomic mass is 16.6. The molecule has 3 rings (SSSR count). The number of benzene rings is 1. The molecule has 0 bridgehead atoms. The zero-order chi connectivity index (χ0) is 13.9. The van der Waals surface area contributed by atoms with E-state index in [1.807, 2.05) is 24.3 Å². The van der Waals surface area contributed by atoms with Crippen LogP contribution in [-0.4, -0.2) is 31.1 Å². The number of fused-ring (bicyclic) bond motifs is 1. The van der Waals surface area contributed by atoms with Crippen molar-refractivity contribution in [2.45, 2.75) is 18.9 Å². The molecule has 1 fully saturated rings. The predicted octanol–water partition coefficient (Wildman–Crippen LogP) is 1.75. The molecule has 1 atom stereocenters. The Bertz CT molecular complexity index is 560. The number of cyclic esters (lactones) is 1. The Labute approximate surface area is 116 Å². The molecular weight excluding hydrogens is 260 g/mol. The van der Waals surface area contributed by atoms with Crippen molar-refractivity contribution in [3.8, 4) is 11.5 Å². The monoisotopic (exact) mass is 274 g/mol. The lowest BCUT2D eigenvalue weighted by Gasteiger charge is -2.19. The summed E-state index contributed by atoms with van der Waals surface area (Å²) >= 11 is 0. The van der Waals surface area contributed by atoms with E-state index in [0.717, 1.165) is 11.3 Å². The van der Waals surface area contributed by atoms with Crippen molar-refractivity contribution in [2.75, 3.05) is 13.2 Å². The molecule has 20 heavy (non-hydrogen) atoms. The number of esters is 1. The van der Waals surface area contributed by atoms with Crippen LogP contribution in [0.25, 0.3) is 6.08 Å². The summed E-state index contributed by atoms with van der Waals surface area (Å²) in [5.74, 6) is 0.888. The van der Waals surface area contributed by atoms with Gasteiger partial charge in [0.25, 0.3) is 0 Å². The van der Waals surface area contributed by atoms with E-state index in [1.54, 1.807) is 6.08 Å². The fourth-order valence-electron chi connectivity index (χ4n) is 2.20. The number of ether oxygens (including phenoxy) is 3. The number of rotatable bonds is 2. The Kier molecular flexibility index (Phi) is 3.41. The number of hydrogen-bond donors (Lipinski definition) is 0. The van der Waals surface area contributed by atoms with Crippen LogP contribution in [-0.2, 0) is 14.3 Å². The first kappa shape index (κ1) is 12.7. The van der Waals surface area contributed by atoms with Gasteiger partial charge in [0.1, 0.15) is 31.5 Å². The standard InChI is InChI=1S/C15H14O5/c16-11-8-12(20-15(17)9-11)3-1-10-2-4-13-14(7-10)19-6-5-18-13/h1-4,7,12H,5-6,8-9H2/b3-1+. The van der Waals surface area contributed by atoms with Gasteiger partial charge in [0.15, 0.2) is 11.5 Å².